The van der Waals surface area contributed by atoms with Crippen LogP contribution in [0.5, 0.6) is 0 Å². The quantitative estimate of drug-likeness (QED) is 0.0709. The van der Waals surface area contributed by atoms with Crippen LogP contribution in [0.15, 0.2) is 58.6 Å². The molecular weight excluding hydrogens is 562 g/mol. The molecule has 7 rings (SSSR count). The van der Waals surface area contributed by atoms with Crippen LogP contribution in [0.1, 0.15) is 11.1 Å². The van der Waals surface area contributed by atoms with Crippen LogP contribution in [0.3, 0.4) is 0 Å². The zero-order valence-corrected chi connectivity index (χ0v) is 20.5. The maximum absolute atomic E-state index is 13.4. The second kappa shape index (κ2) is 8.37. The zero-order valence-electron chi connectivity index (χ0n) is 20.5. The summed E-state index contributed by atoms with van der Waals surface area (Å²) < 4.78 is 80.4. The summed E-state index contributed by atoms with van der Waals surface area (Å²) in [5, 5.41) is 13.6. The molecule has 0 saturated heterocycles. The number of rotatable bonds is 0. The van der Waals surface area contributed by atoms with Crippen molar-refractivity contribution in [3.05, 3.63) is 81.9 Å². The van der Waals surface area contributed by atoms with Crippen molar-refractivity contribution in [1.82, 2.24) is 19.9 Å². The molecule has 0 amide bonds. The first-order valence-corrected chi connectivity index (χ1v) is 11.9. The Morgan fingerprint density at radius 2 is 1.05 bits per heavy atom. The van der Waals surface area contributed by atoms with E-state index in [1.54, 1.807) is 6.19 Å². The van der Waals surface area contributed by atoms with Crippen LogP contribution < -0.4 is 10.7 Å². The van der Waals surface area contributed by atoms with Crippen molar-refractivity contribution in [3.63, 3.8) is 0 Å². The lowest BCUT2D eigenvalue weighted by molar-refractivity contribution is -0.138. The van der Waals surface area contributed by atoms with Gasteiger partial charge in [-0.05, 0) is 36.4 Å². The van der Waals surface area contributed by atoms with E-state index < -0.39 is 23.5 Å². The summed E-state index contributed by atoms with van der Waals surface area (Å²) in [5.74, 6) is 0. The molecule has 0 spiro atoms. The molecule has 2 aromatic heterocycles. The Kier molecular flexibility index (Phi) is 5.03. The van der Waals surface area contributed by atoms with Crippen molar-refractivity contribution in [2.45, 2.75) is 12.4 Å². The zero-order chi connectivity index (χ0) is 29.6. The highest BCUT2D eigenvalue weighted by atomic mass is 19.4. The fraction of sp³-hybridized carbons (Fsp3) is 0.0714. The van der Waals surface area contributed by atoms with Crippen molar-refractivity contribution >= 4 is 65.7 Å². The van der Waals surface area contributed by atoms with Gasteiger partial charge in [-0.25, -0.2) is 19.9 Å². The Hall–Kier alpha value is -5.76. The lowest BCUT2D eigenvalue weighted by Crippen LogP contribution is -2.06. The molecule has 0 atom stereocenters. The van der Waals surface area contributed by atoms with Gasteiger partial charge in [0.15, 0.2) is 5.36 Å². The van der Waals surface area contributed by atoms with Gasteiger partial charge in [0.25, 0.3) is 0 Å². The molecule has 0 aliphatic carbocycles. The van der Waals surface area contributed by atoms with Gasteiger partial charge in [-0.1, -0.05) is 12.1 Å². The number of benzene rings is 3. The Balaban J connectivity index is 1.56. The minimum atomic E-state index is -4.62. The number of aromatic nitrogens is 4. The van der Waals surface area contributed by atoms with Crippen molar-refractivity contribution in [2.24, 2.45) is 10.1 Å². The van der Waals surface area contributed by atoms with Crippen LogP contribution in [0, 0.1) is 18.0 Å². The molecule has 0 aliphatic heterocycles. The number of halogens is 6. The van der Waals surface area contributed by atoms with E-state index >= 15 is 0 Å². The largest absolute Gasteiger partial charge is 0.416 e. The van der Waals surface area contributed by atoms with E-state index in [2.05, 4.69) is 35.0 Å². The molecular formula is C28H8F6N8. The van der Waals surface area contributed by atoms with E-state index in [9.17, 15) is 31.6 Å². The summed E-state index contributed by atoms with van der Waals surface area (Å²) in [6.07, 6.45) is -7.63. The van der Waals surface area contributed by atoms with Gasteiger partial charge in [-0.3, -0.25) is 0 Å². The van der Waals surface area contributed by atoms with Gasteiger partial charge in [0, 0.05) is 21.5 Å². The molecule has 0 bridgehead atoms. The molecule has 8 nitrogen and oxygen atoms in total. The smallest absolute Gasteiger partial charge is 0.244 e. The van der Waals surface area contributed by atoms with Crippen LogP contribution in [0.4, 0.5) is 26.3 Å². The number of fused-ring (bicyclic) bond motifs is 8. The standard InChI is InChI=1S/C28H8F6N8/c1-36-42-24-16-7-12(28(32,33)34)3-5-14(16)23-26(24)41-20-9-17-19(8-18(20)39-23)40-25-21(37-10-35)15-6-11(27(29,30)31)2-4-13(15)22(25)38-17/h2-9H/b37-21?,42-24-. The first kappa shape index (κ1) is 25.2. The Morgan fingerprint density at radius 3 is 1.48 bits per heavy atom. The van der Waals surface area contributed by atoms with Crippen molar-refractivity contribution in [1.29, 1.82) is 5.26 Å². The number of hydrogen-bond acceptors (Lipinski definition) is 7. The average molecular weight is 570 g/mol. The predicted molar refractivity (Wildman–Crippen MR) is 138 cm³/mol. The SMILES string of the molecule is [C-]#[N+]/N=c1/c2cc(C(F)(F)F)ccc2c2nc3cc4nc5c(=NC#N)c6cc(C(F)(F)F)ccc6c5nc4cc3nc12. The maximum Gasteiger partial charge on any atom is 0.416 e. The van der Waals surface area contributed by atoms with E-state index in [1.807, 2.05) is 0 Å². The molecule has 0 N–H and O–H groups in total. The van der Waals surface area contributed by atoms with Crippen LogP contribution in [0.2, 0.25) is 0 Å². The average Bonchev–Trinajstić information content (AvgIpc) is 3.40. The van der Waals surface area contributed by atoms with Crippen LogP contribution in [-0.2, 0) is 12.4 Å². The van der Waals surface area contributed by atoms with Crippen molar-refractivity contribution < 1.29 is 26.3 Å². The van der Waals surface area contributed by atoms with E-state index in [-0.39, 0.29) is 60.1 Å². The summed E-state index contributed by atoms with van der Waals surface area (Å²) >= 11 is 0. The summed E-state index contributed by atoms with van der Waals surface area (Å²) in [6.45, 7) is 7.18. The Morgan fingerprint density at radius 1 is 0.619 bits per heavy atom. The molecule has 0 unspecified atom stereocenters. The summed E-state index contributed by atoms with van der Waals surface area (Å²) in [6, 6.07) is 9.13. The molecule has 202 valence electrons. The molecule has 5 aromatic carbocycles. The number of nitriles is 1. The maximum atomic E-state index is 13.4. The van der Waals surface area contributed by atoms with E-state index in [1.165, 1.54) is 24.3 Å². The van der Waals surface area contributed by atoms with E-state index in [0.29, 0.717) is 16.3 Å². The molecule has 0 saturated carbocycles. The van der Waals surface area contributed by atoms with Crippen LogP contribution in [0.25, 0.3) is 70.6 Å². The van der Waals surface area contributed by atoms with Crippen LogP contribution >= 0.6 is 0 Å². The third-order valence-electron chi connectivity index (χ3n) is 6.92. The fourth-order valence-electron chi connectivity index (χ4n) is 5.13. The normalized spacial score (nSPS) is 13.7. The van der Waals surface area contributed by atoms with Gasteiger partial charge >= 0.3 is 12.4 Å². The molecule has 0 radical (unpaired) electrons. The summed E-state index contributed by atoms with van der Waals surface area (Å²) in [5.41, 5.74) is -0.0358. The number of hydrogen-bond donors (Lipinski definition) is 0. The van der Waals surface area contributed by atoms with Gasteiger partial charge in [-0.2, -0.15) is 43.2 Å². The van der Waals surface area contributed by atoms with Crippen molar-refractivity contribution in [3.8, 4) is 6.19 Å². The lowest BCUT2D eigenvalue weighted by Gasteiger charge is -2.06. The Labute approximate surface area is 228 Å². The van der Waals surface area contributed by atoms with Crippen LogP contribution in [-0.4, -0.2) is 19.9 Å². The number of nitrogens with zero attached hydrogens (tertiary/aromatic N) is 8. The summed E-state index contributed by atoms with van der Waals surface area (Å²) in [4.78, 5) is 25.0. The minimum Gasteiger partial charge on any atom is -0.244 e. The lowest BCUT2D eigenvalue weighted by atomic mass is 10.1. The highest BCUT2D eigenvalue weighted by Crippen LogP contribution is 2.35. The Bertz CT molecular complexity index is 2350. The van der Waals surface area contributed by atoms with Crippen molar-refractivity contribution in [2.75, 3.05) is 0 Å². The molecule has 7 aromatic rings. The third-order valence-corrected chi connectivity index (χ3v) is 6.92. The molecule has 0 aliphatic rings. The number of alkyl halides is 6. The fourth-order valence-corrected chi connectivity index (χ4v) is 5.13. The first-order chi connectivity index (χ1) is 20.0. The van der Waals surface area contributed by atoms with Gasteiger partial charge in [-0.15, -0.1) is 4.95 Å². The van der Waals surface area contributed by atoms with Gasteiger partial charge in [0.1, 0.15) is 16.4 Å². The van der Waals surface area contributed by atoms with E-state index in [4.69, 9.17) is 6.57 Å². The molecule has 14 heteroatoms. The third kappa shape index (κ3) is 3.62. The molecule has 42 heavy (non-hydrogen) atoms. The first-order valence-electron chi connectivity index (χ1n) is 11.9. The topological polar surface area (TPSA) is 104 Å². The van der Waals surface area contributed by atoms with Gasteiger partial charge in [0.05, 0.1) is 49.3 Å². The second-order valence-corrected chi connectivity index (χ2v) is 9.30. The van der Waals surface area contributed by atoms with E-state index in [0.717, 1.165) is 24.3 Å². The van der Waals surface area contributed by atoms with Gasteiger partial charge in [0.2, 0.25) is 6.19 Å². The predicted octanol–water partition coefficient (Wildman–Crippen LogP) is 6.22. The molecule has 2 heterocycles. The summed E-state index contributed by atoms with van der Waals surface area (Å²) in [7, 11) is 0. The van der Waals surface area contributed by atoms with Gasteiger partial charge < -0.3 is 0 Å². The monoisotopic (exact) mass is 570 g/mol. The highest BCUT2D eigenvalue weighted by molar-refractivity contribution is 6.12. The minimum absolute atomic E-state index is 0.0533. The highest BCUT2D eigenvalue weighted by Gasteiger charge is 2.32. The molecule has 0 fully saturated rings. The second-order valence-electron chi connectivity index (χ2n) is 9.30.